The maximum atomic E-state index is 5.00. The molecule has 0 radical (unpaired) electrons. The fraction of sp³-hybridized carbons (Fsp3) is 0.182. The lowest BCUT2D eigenvalue weighted by atomic mass is 10.2. The van der Waals surface area contributed by atoms with E-state index in [2.05, 4.69) is 9.82 Å². The van der Waals surface area contributed by atoms with Crippen molar-refractivity contribution in [3.63, 3.8) is 0 Å². The second-order valence-electron chi connectivity index (χ2n) is 3.32. The van der Waals surface area contributed by atoms with Crippen LogP contribution in [0.4, 0.5) is 0 Å². The first-order valence-corrected chi connectivity index (χ1v) is 4.72. The van der Waals surface area contributed by atoms with Gasteiger partial charge in [0, 0.05) is 18.1 Å². The summed E-state index contributed by atoms with van der Waals surface area (Å²) in [5.74, 6) is 5.97. The van der Waals surface area contributed by atoms with Crippen LogP contribution in [0.1, 0.15) is 11.4 Å². The number of aryl methyl sites for hydroxylation is 1. The molecule has 0 bridgehead atoms. The van der Waals surface area contributed by atoms with Gasteiger partial charge in [0.1, 0.15) is 5.82 Å². The number of benzene rings is 1. The van der Waals surface area contributed by atoms with Crippen LogP contribution in [0.3, 0.4) is 0 Å². The molecule has 0 spiro atoms. The predicted octanol–water partition coefficient (Wildman–Crippen LogP) is 1.57. The van der Waals surface area contributed by atoms with Crippen molar-refractivity contribution in [2.45, 2.75) is 13.5 Å². The summed E-state index contributed by atoms with van der Waals surface area (Å²) >= 11 is 0. The lowest BCUT2D eigenvalue weighted by Gasteiger charge is -2.05. The summed E-state index contributed by atoms with van der Waals surface area (Å²) in [7, 11) is 0. The van der Waals surface area contributed by atoms with Crippen LogP contribution in [0.15, 0.2) is 36.7 Å². The molecule has 0 aliphatic rings. The van der Waals surface area contributed by atoms with Gasteiger partial charge in [-0.25, -0.2) is 10.9 Å². The van der Waals surface area contributed by atoms with Gasteiger partial charge in [-0.05, 0) is 24.6 Å². The normalized spacial score (nSPS) is 10.5. The standard InChI is InChI=1S/C11H13N3O/c1-9-13-6-7-14(9)11-4-2-10(3-5-11)8-15-12/h2-7H,8,12H2,1H3. The van der Waals surface area contributed by atoms with Gasteiger partial charge in [0.05, 0.1) is 6.61 Å². The monoisotopic (exact) mass is 203 g/mol. The molecule has 0 unspecified atom stereocenters. The first kappa shape index (κ1) is 9.89. The average molecular weight is 203 g/mol. The second-order valence-corrected chi connectivity index (χ2v) is 3.32. The van der Waals surface area contributed by atoms with Gasteiger partial charge in [-0.3, -0.25) is 4.84 Å². The highest BCUT2D eigenvalue weighted by Crippen LogP contribution is 2.11. The topological polar surface area (TPSA) is 53.1 Å². The van der Waals surface area contributed by atoms with E-state index >= 15 is 0 Å². The SMILES string of the molecule is Cc1nccn1-c1ccc(CON)cc1. The molecule has 1 heterocycles. The highest BCUT2D eigenvalue weighted by Gasteiger charge is 1.99. The molecule has 2 rings (SSSR count). The molecule has 1 aromatic carbocycles. The van der Waals surface area contributed by atoms with Crippen molar-refractivity contribution in [1.82, 2.24) is 9.55 Å². The molecule has 2 N–H and O–H groups in total. The second kappa shape index (κ2) is 4.25. The van der Waals surface area contributed by atoms with E-state index in [0.717, 1.165) is 17.1 Å². The fourth-order valence-corrected chi connectivity index (χ4v) is 1.50. The van der Waals surface area contributed by atoms with Gasteiger partial charge in [-0.2, -0.15) is 0 Å². The third kappa shape index (κ3) is 2.06. The van der Waals surface area contributed by atoms with Gasteiger partial charge in [0.15, 0.2) is 0 Å². The van der Waals surface area contributed by atoms with E-state index in [-0.39, 0.29) is 0 Å². The zero-order chi connectivity index (χ0) is 10.7. The summed E-state index contributed by atoms with van der Waals surface area (Å²) in [4.78, 5) is 8.73. The zero-order valence-electron chi connectivity index (χ0n) is 8.55. The van der Waals surface area contributed by atoms with Crippen molar-refractivity contribution in [2.24, 2.45) is 5.90 Å². The Morgan fingerprint density at radius 3 is 2.60 bits per heavy atom. The Bertz CT molecular complexity index is 433. The Kier molecular flexibility index (Phi) is 2.80. The Hall–Kier alpha value is -1.65. The minimum absolute atomic E-state index is 0.434. The summed E-state index contributed by atoms with van der Waals surface area (Å²) in [5, 5.41) is 0. The third-order valence-corrected chi connectivity index (χ3v) is 2.29. The van der Waals surface area contributed by atoms with Gasteiger partial charge >= 0.3 is 0 Å². The van der Waals surface area contributed by atoms with Crippen molar-refractivity contribution in [3.8, 4) is 5.69 Å². The first-order valence-electron chi connectivity index (χ1n) is 4.72. The predicted molar refractivity (Wildman–Crippen MR) is 57.3 cm³/mol. The number of hydrogen-bond donors (Lipinski definition) is 1. The van der Waals surface area contributed by atoms with Crippen LogP contribution in [0.5, 0.6) is 0 Å². The molecule has 78 valence electrons. The van der Waals surface area contributed by atoms with E-state index in [1.807, 2.05) is 42.0 Å². The van der Waals surface area contributed by atoms with Crippen LogP contribution < -0.4 is 5.90 Å². The molecular formula is C11H13N3O. The zero-order valence-corrected chi connectivity index (χ0v) is 8.55. The summed E-state index contributed by atoms with van der Waals surface area (Å²) in [5.41, 5.74) is 2.14. The van der Waals surface area contributed by atoms with E-state index in [0.29, 0.717) is 6.61 Å². The quantitative estimate of drug-likeness (QED) is 0.770. The van der Waals surface area contributed by atoms with Crippen LogP contribution in [0.25, 0.3) is 5.69 Å². The number of imidazole rings is 1. The van der Waals surface area contributed by atoms with Gasteiger partial charge in [0.25, 0.3) is 0 Å². The molecule has 2 aromatic rings. The molecule has 0 aliphatic carbocycles. The number of nitrogens with zero attached hydrogens (tertiary/aromatic N) is 2. The van der Waals surface area contributed by atoms with Crippen molar-refractivity contribution >= 4 is 0 Å². The maximum Gasteiger partial charge on any atom is 0.110 e. The molecule has 0 atom stereocenters. The van der Waals surface area contributed by atoms with E-state index in [9.17, 15) is 0 Å². The Morgan fingerprint density at radius 2 is 2.07 bits per heavy atom. The summed E-state index contributed by atoms with van der Waals surface area (Å²) in [6.07, 6.45) is 3.72. The Morgan fingerprint density at radius 1 is 1.33 bits per heavy atom. The number of nitrogens with two attached hydrogens (primary N) is 1. The van der Waals surface area contributed by atoms with Crippen LogP contribution in [-0.4, -0.2) is 9.55 Å². The van der Waals surface area contributed by atoms with E-state index in [1.165, 1.54) is 0 Å². The minimum atomic E-state index is 0.434. The largest absolute Gasteiger partial charge is 0.304 e. The van der Waals surface area contributed by atoms with Gasteiger partial charge < -0.3 is 4.57 Å². The first-order chi connectivity index (χ1) is 7.31. The van der Waals surface area contributed by atoms with Crippen LogP contribution >= 0.6 is 0 Å². The molecule has 4 heteroatoms. The maximum absolute atomic E-state index is 5.00. The lowest BCUT2D eigenvalue weighted by Crippen LogP contribution is -2.00. The van der Waals surface area contributed by atoms with Gasteiger partial charge in [0.2, 0.25) is 0 Å². The molecule has 15 heavy (non-hydrogen) atoms. The van der Waals surface area contributed by atoms with Crippen molar-refractivity contribution in [2.75, 3.05) is 0 Å². The lowest BCUT2D eigenvalue weighted by molar-refractivity contribution is 0.124. The molecular weight excluding hydrogens is 190 g/mol. The molecule has 0 fully saturated rings. The van der Waals surface area contributed by atoms with Crippen molar-refractivity contribution in [3.05, 3.63) is 48.0 Å². The minimum Gasteiger partial charge on any atom is -0.304 e. The van der Waals surface area contributed by atoms with E-state index < -0.39 is 0 Å². The van der Waals surface area contributed by atoms with E-state index in [4.69, 9.17) is 5.90 Å². The van der Waals surface area contributed by atoms with E-state index in [1.54, 1.807) is 6.20 Å². The number of hydrogen-bond acceptors (Lipinski definition) is 3. The fourth-order valence-electron chi connectivity index (χ4n) is 1.50. The highest BCUT2D eigenvalue weighted by molar-refractivity contribution is 5.35. The average Bonchev–Trinajstić information content (AvgIpc) is 2.66. The van der Waals surface area contributed by atoms with Crippen molar-refractivity contribution in [1.29, 1.82) is 0 Å². The smallest absolute Gasteiger partial charge is 0.110 e. The summed E-state index contributed by atoms with van der Waals surface area (Å²) < 4.78 is 2.02. The molecule has 0 amide bonds. The number of rotatable bonds is 3. The highest BCUT2D eigenvalue weighted by atomic mass is 16.6. The third-order valence-electron chi connectivity index (χ3n) is 2.29. The summed E-state index contributed by atoms with van der Waals surface area (Å²) in [6.45, 7) is 2.40. The summed E-state index contributed by atoms with van der Waals surface area (Å²) in [6, 6.07) is 8.01. The Labute approximate surface area is 88.3 Å². The molecule has 4 nitrogen and oxygen atoms in total. The molecule has 1 aromatic heterocycles. The molecule has 0 saturated carbocycles. The Balaban J connectivity index is 2.28. The van der Waals surface area contributed by atoms with Crippen LogP contribution in [0, 0.1) is 6.92 Å². The molecule has 0 aliphatic heterocycles. The molecule has 0 saturated heterocycles. The van der Waals surface area contributed by atoms with Crippen LogP contribution in [-0.2, 0) is 11.4 Å². The van der Waals surface area contributed by atoms with Crippen molar-refractivity contribution < 1.29 is 4.84 Å². The van der Waals surface area contributed by atoms with Gasteiger partial charge in [-0.15, -0.1) is 0 Å². The van der Waals surface area contributed by atoms with Gasteiger partial charge in [-0.1, -0.05) is 12.1 Å². The number of aromatic nitrogens is 2. The van der Waals surface area contributed by atoms with Crippen LogP contribution in [0.2, 0.25) is 0 Å².